The fourth-order valence-electron chi connectivity index (χ4n) is 1.45. The fourth-order valence-corrected chi connectivity index (χ4v) is 1.45. The number of hydrogen-bond acceptors (Lipinski definition) is 3. The van der Waals surface area contributed by atoms with Crippen molar-refractivity contribution in [3.63, 3.8) is 0 Å². The summed E-state index contributed by atoms with van der Waals surface area (Å²) in [4.78, 5) is 14.5. The Bertz CT molecular complexity index is 525. The van der Waals surface area contributed by atoms with Crippen LogP contribution in [0, 0.1) is 6.92 Å². The molecule has 4 N–H and O–H groups in total. The minimum absolute atomic E-state index is 0.236. The topological polar surface area (TPSA) is 88.7 Å². The number of aromatic nitrogens is 3. The van der Waals surface area contributed by atoms with Crippen molar-refractivity contribution in [3.8, 4) is 0 Å². The number of rotatable bonds is 2. The van der Waals surface area contributed by atoms with Gasteiger partial charge in [0.15, 0.2) is 0 Å². The molecule has 6 heteroatoms. The Morgan fingerprint density at radius 2 is 2.31 bits per heavy atom. The summed E-state index contributed by atoms with van der Waals surface area (Å²) in [5.74, 6) is 0.412. The molecule has 6 nitrogen and oxygen atoms in total. The molecular weight excluding hydrogens is 206 g/mol. The number of nitrogen functional groups attached to an aromatic ring is 1. The smallest absolute Gasteiger partial charge is 0.273 e. The van der Waals surface area contributed by atoms with Gasteiger partial charge in [0.2, 0.25) is 0 Å². The van der Waals surface area contributed by atoms with E-state index in [-0.39, 0.29) is 5.91 Å². The molecular formula is C10H13N5O. The zero-order chi connectivity index (χ0) is 11.7. The van der Waals surface area contributed by atoms with E-state index in [2.05, 4.69) is 15.4 Å². The van der Waals surface area contributed by atoms with Gasteiger partial charge in [-0.1, -0.05) is 0 Å². The first kappa shape index (κ1) is 10.3. The number of amides is 1. The summed E-state index contributed by atoms with van der Waals surface area (Å²) < 4.78 is 1.61. The number of nitrogens with zero attached hydrogens (tertiary/aromatic N) is 2. The maximum absolute atomic E-state index is 11.7. The molecule has 2 heterocycles. The predicted molar refractivity (Wildman–Crippen MR) is 61.1 cm³/mol. The van der Waals surface area contributed by atoms with E-state index in [0.717, 1.165) is 5.69 Å². The number of aryl methyl sites for hydroxylation is 2. The lowest BCUT2D eigenvalue weighted by Gasteiger charge is -2.02. The van der Waals surface area contributed by atoms with Gasteiger partial charge in [0.05, 0.1) is 5.69 Å². The number of nitrogens with two attached hydrogens (primary N) is 1. The molecule has 0 aromatic carbocycles. The van der Waals surface area contributed by atoms with Gasteiger partial charge in [-0.3, -0.25) is 9.48 Å². The van der Waals surface area contributed by atoms with E-state index < -0.39 is 0 Å². The Kier molecular flexibility index (Phi) is 2.40. The number of carbonyl (C=O) groups excluding carboxylic acids is 1. The highest BCUT2D eigenvalue weighted by molar-refractivity contribution is 6.03. The van der Waals surface area contributed by atoms with E-state index in [1.165, 1.54) is 0 Å². The van der Waals surface area contributed by atoms with Gasteiger partial charge in [0.25, 0.3) is 5.91 Å². The molecule has 0 atom stereocenters. The highest BCUT2D eigenvalue weighted by atomic mass is 16.2. The monoisotopic (exact) mass is 219 g/mol. The van der Waals surface area contributed by atoms with E-state index >= 15 is 0 Å². The standard InChI is InChI=1S/C10H13N5O/c1-6-3-9(15(2)14-6)13-10(16)8-4-7(11)5-12-8/h3-5,12H,11H2,1-2H3,(H,13,16). The lowest BCUT2D eigenvalue weighted by atomic mass is 10.4. The van der Waals surface area contributed by atoms with E-state index in [1.807, 2.05) is 6.92 Å². The van der Waals surface area contributed by atoms with Crippen LogP contribution in [0.4, 0.5) is 11.5 Å². The van der Waals surface area contributed by atoms with Gasteiger partial charge in [-0.2, -0.15) is 5.10 Å². The van der Waals surface area contributed by atoms with Crippen molar-refractivity contribution < 1.29 is 4.79 Å². The van der Waals surface area contributed by atoms with E-state index in [4.69, 9.17) is 5.73 Å². The number of aromatic amines is 1. The quantitative estimate of drug-likeness (QED) is 0.700. The Morgan fingerprint density at radius 3 is 2.81 bits per heavy atom. The van der Waals surface area contributed by atoms with Gasteiger partial charge in [0, 0.05) is 25.0 Å². The van der Waals surface area contributed by atoms with Gasteiger partial charge in [-0.25, -0.2) is 0 Å². The van der Waals surface area contributed by atoms with Gasteiger partial charge < -0.3 is 16.0 Å². The molecule has 16 heavy (non-hydrogen) atoms. The van der Waals surface area contributed by atoms with Gasteiger partial charge in [-0.05, 0) is 13.0 Å². The Balaban J connectivity index is 2.16. The van der Waals surface area contributed by atoms with Crippen LogP contribution >= 0.6 is 0 Å². The predicted octanol–water partition coefficient (Wildman–Crippen LogP) is 0.891. The molecule has 2 aromatic heterocycles. The molecule has 0 fully saturated rings. The summed E-state index contributed by atoms with van der Waals surface area (Å²) in [5, 5.41) is 6.87. The summed E-state index contributed by atoms with van der Waals surface area (Å²) in [6.45, 7) is 1.86. The summed E-state index contributed by atoms with van der Waals surface area (Å²) in [5.41, 5.74) is 7.33. The lowest BCUT2D eigenvalue weighted by Crippen LogP contribution is -2.14. The van der Waals surface area contributed by atoms with Gasteiger partial charge in [-0.15, -0.1) is 0 Å². The van der Waals surface area contributed by atoms with Crippen molar-refractivity contribution in [3.05, 3.63) is 29.7 Å². The molecule has 0 spiro atoms. The lowest BCUT2D eigenvalue weighted by molar-refractivity contribution is 0.102. The average Bonchev–Trinajstić information content (AvgIpc) is 2.74. The van der Waals surface area contributed by atoms with Gasteiger partial charge in [0.1, 0.15) is 11.5 Å². The van der Waals surface area contributed by atoms with Crippen molar-refractivity contribution in [1.82, 2.24) is 14.8 Å². The molecule has 0 unspecified atom stereocenters. The molecule has 0 aliphatic carbocycles. The largest absolute Gasteiger partial charge is 0.397 e. The average molecular weight is 219 g/mol. The van der Waals surface area contributed by atoms with Crippen molar-refractivity contribution >= 4 is 17.4 Å². The van der Waals surface area contributed by atoms with Gasteiger partial charge >= 0.3 is 0 Å². The minimum Gasteiger partial charge on any atom is -0.397 e. The second-order valence-electron chi connectivity index (χ2n) is 3.60. The maximum Gasteiger partial charge on any atom is 0.273 e. The molecule has 0 saturated heterocycles. The molecule has 0 saturated carbocycles. The van der Waals surface area contributed by atoms with Crippen LogP contribution in [0.2, 0.25) is 0 Å². The third-order valence-corrected chi connectivity index (χ3v) is 2.19. The molecule has 2 rings (SSSR count). The van der Waals surface area contributed by atoms with Crippen LogP contribution in [0.15, 0.2) is 18.3 Å². The summed E-state index contributed by atoms with van der Waals surface area (Å²) in [6.07, 6.45) is 1.57. The van der Waals surface area contributed by atoms with E-state index in [1.54, 1.807) is 30.1 Å². The summed E-state index contributed by atoms with van der Waals surface area (Å²) in [6, 6.07) is 3.38. The van der Waals surface area contributed by atoms with Crippen molar-refractivity contribution in [2.24, 2.45) is 7.05 Å². The Labute approximate surface area is 92.5 Å². The van der Waals surface area contributed by atoms with Crippen molar-refractivity contribution in [2.75, 3.05) is 11.1 Å². The normalized spacial score (nSPS) is 10.4. The summed E-state index contributed by atoms with van der Waals surface area (Å²) in [7, 11) is 1.77. The molecule has 0 bridgehead atoms. The number of anilines is 2. The molecule has 1 amide bonds. The number of H-pyrrole nitrogens is 1. The second-order valence-corrected chi connectivity index (χ2v) is 3.60. The molecule has 2 aromatic rings. The number of carbonyl (C=O) groups is 1. The zero-order valence-electron chi connectivity index (χ0n) is 9.11. The highest BCUT2D eigenvalue weighted by Gasteiger charge is 2.10. The van der Waals surface area contributed by atoms with E-state index in [0.29, 0.717) is 17.2 Å². The third-order valence-electron chi connectivity index (χ3n) is 2.19. The van der Waals surface area contributed by atoms with Crippen LogP contribution in [0.25, 0.3) is 0 Å². The first-order valence-corrected chi connectivity index (χ1v) is 4.82. The van der Waals surface area contributed by atoms with Crippen LogP contribution in [-0.4, -0.2) is 20.7 Å². The van der Waals surface area contributed by atoms with E-state index in [9.17, 15) is 4.79 Å². The van der Waals surface area contributed by atoms with Crippen LogP contribution < -0.4 is 11.1 Å². The third kappa shape index (κ3) is 1.90. The molecule has 84 valence electrons. The SMILES string of the molecule is Cc1cc(NC(=O)c2cc(N)c[nH]2)n(C)n1. The first-order chi connectivity index (χ1) is 7.56. The second kappa shape index (κ2) is 3.73. The molecule has 0 radical (unpaired) electrons. The number of nitrogens with one attached hydrogen (secondary N) is 2. The van der Waals surface area contributed by atoms with Crippen LogP contribution in [0.1, 0.15) is 16.2 Å². The van der Waals surface area contributed by atoms with Crippen LogP contribution in [0.3, 0.4) is 0 Å². The minimum atomic E-state index is -0.236. The zero-order valence-corrected chi connectivity index (χ0v) is 9.11. The molecule has 0 aliphatic heterocycles. The number of hydrogen-bond donors (Lipinski definition) is 3. The van der Waals surface area contributed by atoms with Crippen LogP contribution in [0.5, 0.6) is 0 Å². The van der Waals surface area contributed by atoms with Crippen molar-refractivity contribution in [2.45, 2.75) is 6.92 Å². The fraction of sp³-hybridized carbons (Fsp3) is 0.200. The Hall–Kier alpha value is -2.24. The molecule has 0 aliphatic rings. The summed E-state index contributed by atoms with van der Waals surface area (Å²) >= 11 is 0. The van der Waals surface area contributed by atoms with Crippen molar-refractivity contribution in [1.29, 1.82) is 0 Å². The highest BCUT2D eigenvalue weighted by Crippen LogP contribution is 2.11. The van der Waals surface area contributed by atoms with Crippen LogP contribution in [-0.2, 0) is 7.05 Å². The maximum atomic E-state index is 11.7. The first-order valence-electron chi connectivity index (χ1n) is 4.82. The Morgan fingerprint density at radius 1 is 1.56 bits per heavy atom.